The number of benzene rings is 1. The molecule has 2 rings (SSSR count). The standard InChI is InChI=1S/C12H16N2O2/c13-11-6-2-1-5-10(11)12(15)14-8-9-4-3-7-16-9/h1-2,5-6,9H,3-4,7-8,13H2,(H,14,15)/t9-/m1/s1. The number of hydrogen-bond donors (Lipinski definition) is 2. The number of carbonyl (C=O) groups is 1. The molecule has 1 amide bonds. The van der Waals surface area contributed by atoms with E-state index in [1.165, 1.54) is 0 Å². The minimum Gasteiger partial charge on any atom is -0.398 e. The number of anilines is 1. The number of nitrogen functional groups attached to an aromatic ring is 1. The van der Waals surface area contributed by atoms with Gasteiger partial charge in [0.2, 0.25) is 0 Å². The first-order chi connectivity index (χ1) is 7.77. The average molecular weight is 220 g/mol. The average Bonchev–Trinajstić information content (AvgIpc) is 2.79. The maximum Gasteiger partial charge on any atom is 0.253 e. The molecule has 1 aliphatic heterocycles. The van der Waals surface area contributed by atoms with Crippen LogP contribution in [0.3, 0.4) is 0 Å². The van der Waals surface area contributed by atoms with Gasteiger partial charge in [-0.3, -0.25) is 4.79 Å². The molecule has 1 fully saturated rings. The van der Waals surface area contributed by atoms with E-state index in [-0.39, 0.29) is 12.0 Å². The SMILES string of the molecule is Nc1ccccc1C(=O)NC[C@H]1CCCO1. The smallest absolute Gasteiger partial charge is 0.253 e. The van der Waals surface area contributed by atoms with E-state index >= 15 is 0 Å². The number of hydrogen-bond acceptors (Lipinski definition) is 3. The molecule has 1 aromatic rings. The molecule has 1 heterocycles. The lowest BCUT2D eigenvalue weighted by molar-refractivity contribution is 0.0858. The first-order valence-corrected chi connectivity index (χ1v) is 5.51. The predicted molar refractivity (Wildman–Crippen MR) is 62.2 cm³/mol. The Bertz CT molecular complexity index is 373. The second-order valence-corrected chi connectivity index (χ2v) is 3.93. The zero-order chi connectivity index (χ0) is 11.4. The van der Waals surface area contributed by atoms with Gasteiger partial charge < -0.3 is 15.8 Å². The first kappa shape index (κ1) is 11.0. The van der Waals surface area contributed by atoms with Crippen molar-refractivity contribution in [1.29, 1.82) is 0 Å². The van der Waals surface area contributed by atoms with Crippen LogP contribution in [0, 0.1) is 0 Å². The molecule has 86 valence electrons. The van der Waals surface area contributed by atoms with Gasteiger partial charge in [0.15, 0.2) is 0 Å². The molecular formula is C12H16N2O2. The number of nitrogens with one attached hydrogen (secondary N) is 1. The number of ether oxygens (including phenoxy) is 1. The van der Waals surface area contributed by atoms with Crippen molar-refractivity contribution in [3.63, 3.8) is 0 Å². The van der Waals surface area contributed by atoms with E-state index in [9.17, 15) is 4.79 Å². The van der Waals surface area contributed by atoms with Gasteiger partial charge in [-0.05, 0) is 25.0 Å². The molecule has 0 aliphatic carbocycles. The summed E-state index contributed by atoms with van der Waals surface area (Å²) in [7, 11) is 0. The number of carbonyl (C=O) groups excluding carboxylic acids is 1. The van der Waals surface area contributed by atoms with Crippen molar-refractivity contribution in [3.05, 3.63) is 29.8 Å². The van der Waals surface area contributed by atoms with Gasteiger partial charge in [0.1, 0.15) is 0 Å². The van der Waals surface area contributed by atoms with Crippen molar-refractivity contribution in [2.24, 2.45) is 0 Å². The van der Waals surface area contributed by atoms with Crippen molar-refractivity contribution in [2.75, 3.05) is 18.9 Å². The molecule has 4 heteroatoms. The molecule has 0 aromatic heterocycles. The van der Waals surface area contributed by atoms with Crippen LogP contribution in [0.5, 0.6) is 0 Å². The zero-order valence-electron chi connectivity index (χ0n) is 9.11. The predicted octanol–water partition coefficient (Wildman–Crippen LogP) is 1.18. The van der Waals surface area contributed by atoms with Crippen LogP contribution in [0.2, 0.25) is 0 Å². The van der Waals surface area contributed by atoms with Gasteiger partial charge in [0, 0.05) is 18.8 Å². The molecule has 4 nitrogen and oxygen atoms in total. The fourth-order valence-corrected chi connectivity index (χ4v) is 1.81. The fraction of sp³-hybridized carbons (Fsp3) is 0.417. The molecule has 1 saturated heterocycles. The highest BCUT2D eigenvalue weighted by Gasteiger charge is 2.17. The monoisotopic (exact) mass is 220 g/mol. The third kappa shape index (κ3) is 2.52. The Morgan fingerprint density at radius 1 is 1.50 bits per heavy atom. The Labute approximate surface area is 94.8 Å². The highest BCUT2D eigenvalue weighted by molar-refractivity contribution is 5.99. The normalized spacial score (nSPS) is 19.6. The van der Waals surface area contributed by atoms with Crippen LogP contribution >= 0.6 is 0 Å². The van der Waals surface area contributed by atoms with Crippen molar-refractivity contribution in [3.8, 4) is 0 Å². The van der Waals surface area contributed by atoms with Crippen LogP contribution in [0.25, 0.3) is 0 Å². The van der Waals surface area contributed by atoms with Gasteiger partial charge in [0.05, 0.1) is 11.7 Å². The minimum atomic E-state index is -0.131. The van der Waals surface area contributed by atoms with Crippen molar-refractivity contribution in [1.82, 2.24) is 5.32 Å². The molecule has 1 aromatic carbocycles. The molecule has 0 spiro atoms. The zero-order valence-corrected chi connectivity index (χ0v) is 9.11. The first-order valence-electron chi connectivity index (χ1n) is 5.51. The molecule has 1 atom stereocenters. The summed E-state index contributed by atoms with van der Waals surface area (Å²) in [6.07, 6.45) is 2.26. The topological polar surface area (TPSA) is 64.4 Å². The van der Waals surface area contributed by atoms with Crippen LogP contribution in [0.1, 0.15) is 23.2 Å². The quantitative estimate of drug-likeness (QED) is 0.752. The van der Waals surface area contributed by atoms with E-state index in [4.69, 9.17) is 10.5 Å². The van der Waals surface area contributed by atoms with E-state index in [1.807, 2.05) is 6.07 Å². The second kappa shape index (κ2) is 4.99. The second-order valence-electron chi connectivity index (χ2n) is 3.93. The van der Waals surface area contributed by atoms with Crippen LogP contribution in [0.4, 0.5) is 5.69 Å². The summed E-state index contributed by atoms with van der Waals surface area (Å²) >= 11 is 0. The Hall–Kier alpha value is -1.55. The molecule has 3 N–H and O–H groups in total. The van der Waals surface area contributed by atoms with E-state index in [0.717, 1.165) is 19.4 Å². The van der Waals surface area contributed by atoms with E-state index < -0.39 is 0 Å². The Morgan fingerprint density at radius 2 is 2.31 bits per heavy atom. The third-order valence-electron chi connectivity index (χ3n) is 2.72. The van der Waals surface area contributed by atoms with Crippen molar-refractivity contribution >= 4 is 11.6 Å². The van der Waals surface area contributed by atoms with E-state index in [0.29, 0.717) is 17.8 Å². The Balaban J connectivity index is 1.90. The summed E-state index contributed by atoms with van der Waals surface area (Å²) in [4.78, 5) is 11.8. The van der Waals surface area contributed by atoms with Gasteiger partial charge >= 0.3 is 0 Å². The highest BCUT2D eigenvalue weighted by atomic mass is 16.5. The summed E-state index contributed by atoms with van der Waals surface area (Å²) in [5, 5.41) is 2.84. The lowest BCUT2D eigenvalue weighted by Gasteiger charge is -2.11. The summed E-state index contributed by atoms with van der Waals surface area (Å²) < 4.78 is 5.42. The lowest BCUT2D eigenvalue weighted by atomic mass is 10.1. The summed E-state index contributed by atoms with van der Waals surface area (Å²) in [6, 6.07) is 7.06. The number of para-hydroxylation sites is 1. The number of amides is 1. The van der Waals surface area contributed by atoms with Crippen LogP contribution in [-0.2, 0) is 4.74 Å². The Morgan fingerprint density at radius 3 is 3.00 bits per heavy atom. The molecule has 0 radical (unpaired) electrons. The minimum absolute atomic E-state index is 0.131. The number of rotatable bonds is 3. The largest absolute Gasteiger partial charge is 0.398 e. The molecule has 1 aliphatic rings. The third-order valence-corrected chi connectivity index (χ3v) is 2.72. The van der Waals surface area contributed by atoms with Gasteiger partial charge in [-0.15, -0.1) is 0 Å². The number of nitrogens with two attached hydrogens (primary N) is 1. The van der Waals surface area contributed by atoms with Crippen LogP contribution in [0.15, 0.2) is 24.3 Å². The molecule has 0 unspecified atom stereocenters. The van der Waals surface area contributed by atoms with Crippen LogP contribution in [-0.4, -0.2) is 25.2 Å². The maximum atomic E-state index is 11.8. The van der Waals surface area contributed by atoms with E-state index in [1.54, 1.807) is 18.2 Å². The molecule has 0 saturated carbocycles. The van der Waals surface area contributed by atoms with Crippen LogP contribution < -0.4 is 11.1 Å². The van der Waals surface area contributed by atoms with Gasteiger partial charge in [-0.2, -0.15) is 0 Å². The summed E-state index contributed by atoms with van der Waals surface area (Å²) in [5.41, 5.74) is 6.75. The van der Waals surface area contributed by atoms with Crippen molar-refractivity contribution in [2.45, 2.75) is 18.9 Å². The van der Waals surface area contributed by atoms with Gasteiger partial charge in [-0.1, -0.05) is 12.1 Å². The molecule has 0 bridgehead atoms. The van der Waals surface area contributed by atoms with E-state index in [2.05, 4.69) is 5.32 Å². The van der Waals surface area contributed by atoms with Crippen molar-refractivity contribution < 1.29 is 9.53 Å². The highest BCUT2D eigenvalue weighted by Crippen LogP contribution is 2.12. The molecular weight excluding hydrogens is 204 g/mol. The summed E-state index contributed by atoms with van der Waals surface area (Å²) in [6.45, 7) is 1.36. The molecule has 16 heavy (non-hydrogen) atoms. The summed E-state index contributed by atoms with van der Waals surface area (Å²) in [5.74, 6) is -0.131. The lowest BCUT2D eigenvalue weighted by Crippen LogP contribution is -2.32. The maximum absolute atomic E-state index is 11.8. The van der Waals surface area contributed by atoms with Gasteiger partial charge in [-0.25, -0.2) is 0 Å². The Kier molecular flexibility index (Phi) is 3.41. The van der Waals surface area contributed by atoms with Gasteiger partial charge in [0.25, 0.3) is 5.91 Å². The fourth-order valence-electron chi connectivity index (χ4n) is 1.81.